The van der Waals surface area contributed by atoms with Gasteiger partial charge in [-0.25, -0.2) is 9.59 Å². The van der Waals surface area contributed by atoms with Gasteiger partial charge in [-0.2, -0.15) is 0 Å². The van der Waals surface area contributed by atoms with E-state index in [9.17, 15) is 9.59 Å². The van der Waals surface area contributed by atoms with E-state index in [0.717, 1.165) is 0 Å². The number of methoxy groups -OCH3 is 6. The number of aromatic nitrogens is 1. The highest BCUT2D eigenvalue weighted by Crippen LogP contribution is 2.40. The van der Waals surface area contributed by atoms with E-state index >= 15 is 0 Å². The van der Waals surface area contributed by atoms with Gasteiger partial charge in [0.2, 0.25) is 11.5 Å². The van der Waals surface area contributed by atoms with Crippen LogP contribution in [-0.2, 0) is 15.0 Å². The normalized spacial score (nSPS) is 13.5. The van der Waals surface area contributed by atoms with Gasteiger partial charge >= 0.3 is 11.9 Å². The lowest BCUT2D eigenvalue weighted by Gasteiger charge is -2.34. The van der Waals surface area contributed by atoms with Crippen molar-refractivity contribution < 1.29 is 47.5 Å². The predicted molar refractivity (Wildman–Crippen MR) is 161 cm³/mol. The molecule has 0 spiro atoms. The maximum absolute atomic E-state index is 13.2. The van der Waals surface area contributed by atoms with Crippen molar-refractivity contribution in [2.75, 3.05) is 42.7 Å². The lowest BCUT2D eigenvalue weighted by molar-refractivity contribution is 0.0156. The quantitative estimate of drug-likeness (QED) is 0.240. The molecule has 44 heavy (non-hydrogen) atoms. The molecule has 2 unspecified atom stereocenters. The zero-order chi connectivity index (χ0) is 32.4. The number of esters is 2. The van der Waals surface area contributed by atoms with Gasteiger partial charge in [-0.3, -0.25) is 4.98 Å². The van der Waals surface area contributed by atoms with Gasteiger partial charge in [0.25, 0.3) is 0 Å². The number of rotatable bonds is 15. The zero-order valence-electron chi connectivity index (χ0n) is 26.3. The third-order valence-electron chi connectivity index (χ3n) is 6.96. The number of hydrogen-bond donors (Lipinski definition) is 1. The van der Waals surface area contributed by atoms with Crippen LogP contribution in [-0.4, -0.2) is 71.8 Å². The molecule has 0 aliphatic heterocycles. The molecular weight excluding hydrogens is 572 g/mol. The summed E-state index contributed by atoms with van der Waals surface area (Å²) in [6.45, 7) is 3.47. The van der Waals surface area contributed by atoms with Gasteiger partial charge in [0, 0.05) is 30.8 Å². The van der Waals surface area contributed by atoms with Crippen LogP contribution in [0.4, 0.5) is 0 Å². The van der Waals surface area contributed by atoms with Gasteiger partial charge < -0.3 is 43.6 Å². The number of ether oxygens (including phenoxy) is 8. The summed E-state index contributed by atoms with van der Waals surface area (Å²) in [7, 11) is 8.79. The highest BCUT2D eigenvalue weighted by molar-refractivity contribution is 5.92. The molecule has 2 N–H and O–H groups in total. The Morgan fingerprint density at radius 2 is 1.09 bits per heavy atom. The molecule has 3 aromatic rings. The molecule has 2 atom stereocenters. The molecule has 3 rings (SSSR count). The Balaban J connectivity index is 1.80. The van der Waals surface area contributed by atoms with Crippen molar-refractivity contribution in [2.45, 2.75) is 44.4 Å². The van der Waals surface area contributed by atoms with E-state index in [4.69, 9.17) is 43.6 Å². The Morgan fingerprint density at radius 3 is 1.39 bits per heavy atom. The van der Waals surface area contributed by atoms with Crippen molar-refractivity contribution in [3.63, 3.8) is 0 Å². The number of carbonyl (C=O) groups excluding carboxylic acids is 2. The van der Waals surface area contributed by atoms with Crippen molar-refractivity contribution in [3.05, 3.63) is 65.5 Å². The summed E-state index contributed by atoms with van der Waals surface area (Å²) in [5.74, 6) is 0.768. The second-order valence-electron chi connectivity index (χ2n) is 10.1. The van der Waals surface area contributed by atoms with Crippen LogP contribution in [0.5, 0.6) is 34.5 Å². The molecule has 1 heterocycles. The smallest absolute Gasteiger partial charge is 0.338 e. The van der Waals surface area contributed by atoms with E-state index in [1.165, 1.54) is 66.9 Å². The van der Waals surface area contributed by atoms with E-state index in [2.05, 4.69) is 4.98 Å². The van der Waals surface area contributed by atoms with Gasteiger partial charge in [-0.1, -0.05) is 6.07 Å². The minimum Gasteiger partial charge on any atom is -0.493 e. The van der Waals surface area contributed by atoms with E-state index in [-0.39, 0.29) is 24.0 Å². The molecule has 0 aliphatic carbocycles. The molecule has 0 fully saturated rings. The van der Waals surface area contributed by atoms with Crippen LogP contribution in [0.3, 0.4) is 0 Å². The monoisotopic (exact) mass is 612 g/mol. The van der Waals surface area contributed by atoms with Crippen LogP contribution >= 0.6 is 0 Å². The molecule has 0 bridgehead atoms. The number of nitrogens with zero attached hydrogens (tertiary/aromatic N) is 1. The first-order chi connectivity index (χ1) is 21.0. The fraction of sp³-hybridized carbons (Fsp3) is 0.406. The average molecular weight is 613 g/mol. The van der Waals surface area contributed by atoms with Crippen molar-refractivity contribution in [2.24, 2.45) is 5.73 Å². The second-order valence-corrected chi connectivity index (χ2v) is 10.1. The molecule has 238 valence electrons. The number of pyridine rings is 1. The average Bonchev–Trinajstić information content (AvgIpc) is 3.03. The topological polar surface area (TPSA) is 147 Å². The molecule has 0 aliphatic rings. The van der Waals surface area contributed by atoms with Gasteiger partial charge in [0.15, 0.2) is 23.0 Å². The first kappa shape index (κ1) is 33.8. The Morgan fingerprint density at radius 1 is 0.705 bits per heavy atom. The first-order valence-corrected chi connectivity index (χ1v) is 13.7. The van der Waals surface area contributed by atoms with Crippen molar-refractivity contribution in [1.29, 1.82) is 0 Å². The highest BCUT2D eigenvalue weighted by atomic mass is 16.6. The standard InChI is InChI=1S/C32H40N2O10/c1-19(43-30(35)21-12-24(37-3)28(41-7)25(13-21)38-4)16-32(33,23-10-9-11-34-18-23)17-20(2)44-31(36)22-14-26(39-5)29(42-8)27(15-22)40-6/h9-15,18-20H,16-17,33H2,1-8H3. The van der Waals surface area contributed by atoms with Crippen LogP contribution in [0.15, 0.2) is 48.8 Å². The summed E-state index contributed by atoms with van der Waals surface area (Å²) < 4.78 is 43.7. The minimum absolute atomic E-state index is 0.195. The molecule has 12 heteroatoms. The number of nitrogens with two attached hydrogens (primary N) is 1. The molecule has 0 saturated carbocycles. The van der Waals surface area contributed by atoms with Crippen LogP contribution in [0.25, 0.3) is 0 Å². The van der Waals surface area contributed by atoms with Gasteiger partial charge in [-0.15, -0.1) is 0 Å². The van der Waals surface area contributed by atoms with Crippen molar-refractivity contribution in [1.82, 2.24) is 4.98 Å². The van der Waals surface area contributed by atoms with Crippen LogP contribution < -0.4 is 34.2 Å². The Bertz CT molecular complexity index is 1290. The van der Waals surface area contributed by atoms with Crippen molar-refractivity contribution >= 4 is 11.9 Å². The SMILES string of the molecule is COc1cc(C(=O)OC(C)CC(N)(CC(C)OC(=O)c2cc(OC)c(OC)c(OC)c2)c2cccnc2)cc(OC)c1OC. The van der Waals surface area contributed by atoms with Gasteiger partial charge in [-0.05, 0) is 49.7 Å². The Kier molecular flexibility index (Phi) is 11.6. The van der Waals surface area contributed by atoms with E-state index in [0.29, 0.717) is 40.1 Å². The van der Waals surface area contributed by atoms with E-state index in [1.807, 2.05) is 6.07 Å². The van der Waals surface area contributed by atoms with Gasteiger partial charge in [0.1, 0.15) is 12.2 Å². The third-order valence-corrected chi connectivity index (χ3v) is 6.96. The number of benzene rings is 2. The van der Waals surface area contributed by atoms with Gasteiger partial charge in [0.05, 0.1) is 53.8 Å². The van der Waals surface area contributed by atoms with Crippen molar-refractivity contribution in [3.8, 4) is 34.5 Å². The maximum atomic E-state index is 13.2. The molecular formula is C32H40N2O10. The molecule has 0 radical (unpaired) electrons. The van der Waals surface area contributed by atoms with Crippen LogP contribution in [0.1, 0.15) is 53.0 Å². The summed E-state index contributed by atoms with van der Waals surface area (Å²) in [6.07, 6.45) is 2.37. The number of carbonyl (C=O) groups is 2. The molecule has 0 amide bonds. The Hall–Kier alpha value is -4.71. The fourth-order valence-corrected chi connectivity index (χ4v) is 4.98. The number of hydrogen-bond acceptors (Lipinski definition) is 12. The van der Waals surface area contributed by atoms with E-state index < -0.39 is 29.7 Å². The molecule has 2 aromatic carbocycles. The molecule has 0 saturated heterocycles. The zero-order valence-corrected chi connectivity index (χ0v) is 26.3. The second kappa shape index (κ2) is 15.1. The van der Waals surface area contributed by atoms with Crippen LogP contribution in [0, 0.1) is 0 Å². The lowest BCUT2D eigenvalue weighted by Crippen LogP contribution is -2.43. The highest BCUT2D eigenvalue weighted by Gasteiger charge is 2.35. The minimum atomic E-state index is -1.09. The summed E-state index contributed by atoms with van der Waals surface area (Å²) >= 11 is 0. The summed E-state index contributed by atoms with van der Waals surface area (Å²) in [6, 6.07) is 9.64. The summed E-state index contributed by atoms with van der Waals surface area (Å²) in [5, 5.41) is 0. The molecule has 1 aromatic heterocycles. The first-order valence-electron chi connectivity index (χ1n) is 13.7. The third kappa shape index (κ3) is 7.81. The summed E-state index contributed by atoms with van der Waals surface area (Å²) in [4.78, 5) is 30.5. The maximum Gasteiger partial charge on any atom is 0.338 e. The lowest BCUT2D eigenvalue weighted by atomic mass is 9.82. The largest absolute Gasteiger partial charge is 0.493 e. The summed E-state index contributed by atoms with van der Waals surface area (Å²) in [5.41, 5.74) is 7.00. The Labute approximate surface area is 257 Å². The fourth-order valence-electron chi connectivity index (χ4n) is 4.98. The predicted octanol–water partition coefficient (Wildman–Crippen LogP) is 4.56. The molecule has 12 nitrogen and oxygen atoms in total. The van der Waals surface area contributed by atoms with E-state index in [1.54, 1.807) is 32.3 Å². The van der Waals surface area contributed by atoms with Crippen LogP contribution in [0.2, 0.25) is 0 Å².